The quantitative estimate of drug-likeness (QED) is 0.512. The zero-order valence-electron chi connectivity index (χ0n) is 6.11. The van der Waals surface area contributed by atoms with Crippen molar-refractivity contribution in [3.05, 3.63) is 24.2 Å². The highest BCUT2D eigenvalue weighted by molar-refractivity contribution is 6.12. The second kappa shape index (κ2) is 2.37. The molecule has 0 saturated carbocycles. The fourth-order valence-electron chi connectivity index (χ4n) is 1.07. The minimum absolute atomic E-state index is 0.309. The van der Waals surface area contributed by atoms with Crippen molar-refractivity contribution in [2.24, 2.45) is 0 Å². The summed E-state index contributed by atoms with van der Waals surface area (Å²) in [7, 11) is 0. The Morgan fingerprint density at radius 2 is 2.33 bits per heavy atom. The van der Waals surface area contributed by atoms with Crippen LogP contribution in [0.5, 0.6) is 0 Å². The van der Waals surface area contributed by atoms with Crippen LogP contribution in [0.25, 0.3) is 0 Å². The molecule has 0 bridgehead atoms. The van der Waals surface area contributed by atoms with Gasteiger partial charge in [0.2, 0.25) is 0 Å². The summed E-state index contributed by atoms with van der Waals surface area (Å²) >= 11 is 0. The van der Waals surface area contributed by atoms with Gasteiger partial charge in [-0.1, -0.05) is 0 Å². The van der Waals surface area contributed by atoms with Gasteiger partial charge in [0.05, 0.1) is 0 Å². The number of ether oxygens (including phenoxy) is 1. The molecule has 0 aromatic heterocycles. The average molecular weight is 166 g/mol. The molecule has 0 spiro atoms. The highest BCUT2D eigenvalue weighted by atomic mass is 16.5. The summed E-state index contributed by atoms with van der Waals surface area (Å²) < 4.78 is 4.90. The fraction of sp³-hybridized carbons (Fsp3) is 0.143. The average Bonchev–Trinajstić information content (AvgIpc) is 2.29. The Morgan fingerprint density at radius 3 is 3.17 bits per heavy atom. The Hall–Kier alpha value is -1.78. The molecule has 2 heterocycles. The highest BCUT2D eigenvalue weighted by Crippen LogP contribution is 2.14. The van der Waals surface area contributed by atoms with E-state index in [0.29, 0.717) is 12.3 Å². The molecule has 0 atom stereocenters. The fourth-order valence-corrected chi connectivity index (χ4v) is 1.07. The van der Waals surface area contributed by atoms with E-state index < -0.39 is 6.03 Å². The number of rotatable bonds is 0. The maximum atomic E-state index is 11.0. The standard InChI is InChI=1S/C7H6N2O3/c10-6-5-1-3-12-4-2-9(5)7(11)8-6/h1-2,4H,3H2,(H,8,10,11). The Bertz CT molecular complexity index is 306. The Balaban J connectivity index is 2.41. The van der Waals surface area contributed by atoms with Crippen molar-refractivity contribution in [3.63, 3.8) is 0 Å². The molecule has 2 aliphatic rings. The smallest absolute Gasteiger partial charge is 0.333 e. The van der Waals surface area contributed by atoms with Gasteiger partial charge < -0.3 is 4.74 Å². The van der Waals surface area contributed by atoms with Crippen LogP contribution in [-0.4, -0.2) is 23.4 Å². The van der Waals surface area contributed by atoms with Crippen molar-refractivity contribution in [1.29, 1.82) is 0 Å². The molecule has 12 heavy (non-hydrogen) atoms. The predicted molar refractivity (Wildman–Crippen MR) is 38.6 cm³/mol. The molecule has 1 N–H and O–H groups in total. The second-order valence-corrected chi connectivity index (χ2v) is 2.34. The van der Waals surface area contributed by atoms with Crippen molar-refractivity contribution < 1.29 is 14.3 Å². The number of nitrogens with one attached hydrogen (secondary N) is 1. The predicted octanol–water partition coefficient (Wildman–Crippen LogP) is -0.0765. The Labute approximate surface area is 68.3 Å². The van der Waals surface area contributed by atoms with Crippen LogP contribution >= 0.6 is 0 Å². The third-order valence-electron chi connectivity index (χ3n) is 1.61. The van der Waals surface area contributed by atoms with Crippen LogP contribution in [0.15, 0.2) is 24.2 Å². The van der Waals surface area contributed by atoms with Crippen molar-refractivity contribution in [2.45, 2.75) is 0 Å². The number of carbonyl (C=O) groups is 2. The molecule has 1 saturated heterocycles. The lowest BCUT2D eigenvalue weighted by Gasteiger charge is -2.04. The third-order valence-corrected chi connectivity index (χ3v) is 1.61. The first-order chi connectivity index (χ1) is 5.79. The SMILES string of the molecule is O=C1NC(=O)N2C=COCC=C12. The van der Waals surface area contributed by atoms with E-state index in [1.165, 1.54) is 17.4 Å². The number of nitrogens with zero attached hydrogens (tertiary/aromatic N) is 1. The first kappa shape index (κ1) is 6.90. The molecule has 0 unspecified atom stereocenters. The van der Waals surface area contributed by atoms with Gasteiger partial charge in [-0.25, -0.2) is 4.79 Å². The Morgan fingerprint density at radius 1 is 1.50 bits per heavy atom. The van der Waals surface area contributed by atoms with E-state index in [1.807, 2.05) is 0 Å². The van der Waals surface area contributed by atoms with Gasteiger partial charge in [-0.05, 0) is 6.08 Å². The minimum atomic E-state index is -0.437. The van der Waals surface area contributed by atoms with E-state index in [4.69, 9.17) is 4.74 Å². The molecule has 3 amide bonds. The molecule has 62 valence electrons. The van der Waals surface area contributed by atoms with Gasteiger partial charge in [0.25, 0.3) is 5.91 Å². The van der Waals surface area contributed by atoms with Gasteiger partial charge in [0, 0.05) is 6.20 Å². The van der Waals surface area contributed by atoms with E-state index in [2.05, 4.69) is 5.32 Å². The summed E-state index contributed by atoms with van der Waals surface area (Å²) in [5.41, 5.74) is 0.328. The van der Waals surface area contributed by atoms with E-state index in [9.17, 15) is 9.59 Å². The van der Waals surface area contributed by atoms with Crippen LogP contribution in [0, 0.1) is 0 Å². The lowest BCUT2D eigenvalue weighted by Crippen LogP contribution is -2.23. The molecule has 1 fully saturated rings. The van der Waals surface area contributed by atoms with Crippen molar-refractivity contribution in [3.8, 4) is 0 Å². The monoisotopic (exact) mass is 166 g/mol. The first-order valence-corrected chi connectivity index (χ1v) is 3.42. The van der Waals surface area contributed by atoms with Gasteiger partial charge in [0.1, 0.15) is 18.6 Å². The topological polar surface area (TPSA) is 58.6 Å². The van der Waals surface area contributed by atoms with Crippen molar-refractivity contribution in [2.75, 3.05) is 6.61 Å². The van der Waals surface area contributed by atoms with Gasteiger partial charge in [-0.3, -0.25) is 15.0 Å². The number of amides is 3. The number of hydrogen-bond acceptors (Lipinski definition) is 3. The molecule has 2 aliphatic heterocycles. The van der Waals surface area contributed by atoms with Crippen molar-refractivity contribution in [1.82, 2.24) is 10.2 Å². The molecular formula is C7H6N2O3. The number of fused-ring (bicyclic) bond motifs is 1. The lowest BCUT2D eigenvalue weighted by atomic mass is 10.4. The number of urea groups is 1. The largest absolute Gasteiger partial charge is 0.496 e. The van der Waals surface area contributed by atoms with Gasteiger partial charge >= 0.3 is 6.03 Å². The van der Waals surface area contributed by atoms with Crippen LogP contribution in [-0.2, 0) is 9.53 Å². The first-order valence-electron chi connectivity index (χ1n) is 3.42. The maximum absolute atomic E-state index is 11.0. The van der Waals surface area contributed by atoms with E-state index in [-0.39, 0.29) is 5.91 Å². The van der Waals surface area contributed by atoms with Crippen LogP contribution in [0.2, 0.25) is 0 Å². The third kappa shape index (κ3) is 0.868. The second-order valence-electron chi connectivity index (χ2n) is 2.34. The van der Waals surface area contributed by atoms with Crippen LogP contribution in [0.1, 0.15) is 0 Å². The van der Waals surface area contributed by atoms with Crippen LogP contribution in [0.4, 0.5) is 4.79 Å². The normalized spacial score (nSPS) is 21.0. The summed E-state index contributed by atoms with van der Waals surface area (Å²) in [5.74, 6) is -0.379. The van der Waals surface area contributed by atoms with E-state index >= 15 is 0 Å². The molecule has 0 aromatic rings. The minimum Gasteiger partial charge on any atom is -0.496 e. The lowest BCUT2D eigenvalue weighted by molar-refractivity contribution is -0.116. The number of carbonyl (C=O) groups excluding carboxylic acids is 2. The van der Waals surface area contributed by atoms with Crippen molar-refractivity contribution >= 4 is 11.9 Å². The summed E-state index contributed by atoms with van der Waals surface area (Å²) in [6.45, 7) is 0.309. The van der Waals surface area contributed by atoms with Gasteiger partial charge in [-0.2, -0.15) is 0 Å². The number of hydrogen-bond donors (Lipinski definition) is 1. The van der Waals surface area contributed by atoms with Gasteiger partial charge in [-0.15, -0.1) is 0 Å². The van der Waals surface area contributed by atoms with E-state index in [1.54, 1.807) is 6.08 Å². The summed E-state index contributed by atoms with van der Waals surface area (Å²) in [5, 5.41) is 2.16. The van der Waals surface area contributed by atoms with Gasteiger partial charge in [0.15, 0.2) is 0 Å². The maximum Gasteiger partial charge on any atom is 0.333 e. The molecule has 0 aromatic carbocycles. The highest BCUT2D eigenvalue weighted by Gasteiger charge is 2.31. The molecular weight excluding hydrogens is 160 g/mol. The molecule has 5 nitrogen and oxygen atoms in total. The molecule has 2 rings (SSSR count). The summed E-state index contributed by atoms with van der Waals surface area (Å²) in [4.78, 5) is 23.3. The summed E-state index contributed by atoms with van der Waals surface area (Å²) in [6.07, 6.45) is 4.35. The van der Waals surface area contributed by atoms with E-state index in [0.717, 1.165) is 0 Å². The number of imide groups is 1. The van der Waals surface area contributed by atoms with Crippen LogP contribution < -0.4 is 5.32 Å². The zero-order valence-corrected chi connectivity index (χ0v) is 6.11. The summed E-state index contributed by atoms with van der Waals surface area (Å²) in [6, 6.07) is -0.437. The molecule has 0 aliphatic carbocycles. The molecule has 5 heteroatoms. The van der Waals surface area contributed by atoms with Crippen LogP contribution in [0.3, 0.4) is 0 Å². The zero-order chi connectivity index (χ0) is 8.55. The molecule has 0 radical (unpaired) electrons. The Kier molecular flexibility index (Phi) is 1.36.